The average Bonchev–Trinajstić information content (AvgIpc) is 2.65. The normalized spacial score (nSPS) is 21.0. The Morgan fingerprint density at radius 3 is 2.80 bits per heavy atom. The van der Waals surface area contributed by atoms with Gasteiger partial charge in [-0.2, -0.15) is 0 Å². The molecule has 1 unspecified atom stereocenters. The van der Waals surface area contributed by atoms with Crippen molar-refractivity contribution in [2.45, 2.75) is 26.8 Å². The maximum atomic E-state index is 5.66. The summed E-state index contributed by atoms with van der Waals surface area (Å²) in [5.74, 6) is 0.833. The van der Waals surface area contributed by atoms with Crippen molar-refractivity contribution in [3.05, 3.63) is 29.3 Å². The van der Waals surface area contributed by atoms with Crippen LogP contribution in [0.3, 0.4) is 0 Å². The lowest BCUT2D eigenvalue weighted by Gasteiger charge is -2.19. The molecule has 0 radical (unpaired) electrons. The average molecular weight is 204 g/mol. The molecule has 0 aliphatic carbocycles. The van der Waals surface area contributed by atoms with E-state index in [0.717, 1.165) is 5.92 Å². The molecule has 2 rings (SSSR count). The van der Waals surface area contributed by atoms with Gasteiger partial charge in [-0.25, -0.2) is 0 Å². The maximum absolute atomic E-state index is 5.66. The summed E-state index contributed by atoms with van der Waals surface area (Å²) in [6, 6.07) is 6.63. The van der Waals surface area contributed by atoms with E-state index in [0.29, 0.717) is 6.54 Å². The Kier molecular flexibility index (Phi) is 2.96. The Balaban J connectivity index is 2.19. The Labute approximate surface area is 92.1 Å². The second-order valence-corrected chi connectivity index (χ2v) is 4.65. The van der Waals surface area contributed by atoms with Crippen LogP contribution in [0.25, 0.3) is 0 Å². The second-order valence-electron chi connectivity index (χ2n) is 4.65. The number of nitrogens with two attached hydrogens (primary N) is 1. The SMILES string of the molecule is Cc1cc(N2CCC(C)C2)ccc1CN. The summed E-state index contributed by atoms with van der Waals surface area (Å²) in [7, 11) is 0. The number of hydrogen-bond donors (Lipinski definition) is 1. The van der Waals surface area contributed by atoms with E-state index in [1.165, 1.54) is 36.3 Å². The third-order valence-corrected chi connectivity index (χ3v) is 3.34. The number of nitrogens with zero attached hydrogens (tertiary/aromatic N) is 1. The van der Waals surface area contributed by atoms with Gasteiger partial charge in [0.1, 0.15) is 0 Å². The first-order valence-corrected chi connectivity index (χ1v) is 5.75. The zero-order valence-electron chi connectivity index (χ0n) is 9.66. The highest BCUT2D eigenvalue weighted by Crippen LogP contribution is 2.25. The highest BCUT2D eigenvalue weighted by molar-refractivity contribution is 5.51. The number of anilines is 1. The Morgan fingerprint density at radius 1 is 1.47 bits per heavy atom. The number of benzene rings is 1. The first kappa shape index (κ1) is 10.5. The van der Waals surface area contributed by atoms with Crippen molar-refractivity contribution >= 4 is 5.69 Å². The molecule has 1 heterocycles. The minimum Gasteiger partial charge on any atom is -0.371 e. The maximum Gasteiger partial charge on any atom is 0.0369 e. The predicted octanol–water partition coefficient (Wildman–Crippen LogP) is 2.30. The van der Waals surface area contributed by atoms with E-state index in [4.69, 9.17) is 5.73 Å². The summed E-state index contributed by atoms with van der Waals surface area (Å²) in [5.41, 5.74) is 9.59. The van der Waals surface area contributed by atoms with Gasteiger partial charge in [0, 0.05) is 25.3 Å². The highest BCUT2D eigenvalue weighted by atomic mass is 15.1. The van der Waals surface area contributed by atoms with Gasteiger partial charge < -0.3 is 10.6 Å². The van der Waals surface area contributed by atoms with Gasteiger partial charge in [0.25, 0.3) is 0 Å². The molecule has 0 bridgehead atoms. The third kappa shape index (κ3) is 2.15. The highest BCUT2D eigenvalue weighted by Gasteiger charge is 2.18. The quantitative estimate of drug-likeness (QED) is 0.801. The molecular weight excluding hydrogens is 184 g/mol. The second kappa shape index (κ2) is 4.23. The number of rotatable bonds is 2. The van der Waals surface area contributed by atoms with Gasteiger partial charge in [-0.15, -0.1) is 0 Å². The van der Waals surface area contributed by atoms with Crippen LogP contribution in [0.15, 0.2) is 18.2 Å². The van der Waals surface area contributed by atoms with E-state index in [1.54, 1.807) is 0 Å². The smallest absolute Gasteiger partial charge is 0.0369 e. The lowest BCUT2D eigenvalue weighted by molar-refractivity contribution is 0.659. The molecule has 2 N–H and O–H groups in total. The molecule has 15 heavy (non-hydrogen) atoms. The lowest BCUT2D eigenvalue weighted by atomic mass is 10.1. The zero-order valence-corrected chi connectivity index (χ0v) is 9.66. The fraction of sp³-hybridized carbons (Fsp3) is 0.538. The van der Waals surface area contributed by atoms with Crippen molar-refractivity contribution in [2.24, 2.45) is 11.7 Å². The molecule has 0 saturated carbocycles. The summed E-state index contributed by atoms with van der Waals surface area (Å²) >= 11 is 0. The van der Waals surface area contributed by atoms with Crippen LogP contribution >= 0.6 is 0 Å². The molecule has 0 aromatic heterocycles. The van der Waals surface area contributed by atoms with Gasteiger partial charge in [0.05, 0.1) is 0 Å². The van der Waals surface area contributed by atoms with E-state index < -0.39 is 0 Å². The van der Waals surface area contributed by atoms with E-state index in [2.05, 4.69) is 36.9 Å². The van der Waals surface area contributed by atoms with E-state index in [-0.39, 0.29) is 0 Å². The van der Waals surface area contributed by atoms with Crippen molar-refractivity contribution in [1.29, 1.82) is 0 Å². The fourth-order valence-corrected chi connectivity index (χ4v) is 2.28. The summed E-state index contributed by atoms with van der Waals surface area (Å²) < 4.78 is 0. The molecule has 1 saturated heterocycles. The van der Waals surface area contributed by atoms with Crippen LogP contribution in [0.2, 0.25) is 0 Å². The molecule has 0 spiro atoms. The molecule has 1 atom stereocenters. The monoisotopic (exact) mass is 204 g/mol. The molecule has 1 aliphatic rings. The summed E-state index contributed by atoms with van der Waals surface area (Å²) in [6.45, 7) is 7.50. The summed E-state index contributed by atoms with van der Waals surface area (Å²) in [6.07, 6.45) is 1.32. The fourth-order valence-electron chi connectivity index (χ4n) is 2.28. The molecule has 0 amide bonds. The lowest BCUT2D eigenvalue weighted by Crippen LogP contribution is -2.19. The van der Waals surface area contributed by atoms with Crippen LogP contribution in [0.4, 0.5) is 5.69 Å². The Bertz CT molecular complexity index is 346. The van der Waals surface area contributed by atoms with E-state index >= 15 is 0 Å². The summed E-state index contributed by atoms with van der Waals surface area (Å²) in [5, 5.41) is 0. The largest absolute Gasteiger partial charge is 0.371 e. The first-order valence-electron chi connectivity index (χ1n) is 5.75. The van der Waals surface area contributed by atoms with Crippen LogP contribution < -0.4 is 10.6 Å². The molecular formula is C13H20N2. The van der Waals surface area contributed by atoms with Crippen molar-refractivity contribution in [3.8, 4) is 0 Å². The van der Waals surface area contributed by atoms with Gasteiger partial charge in [-0.3, -0.25) is 0 Å². The van der Waals surface area contributed by atoms with Crippen LogP contribution in [0, 0.1) is 12.8 Å². The van der Waals surface area contributed by atoms with Crippen LogP contribution in [-0.4, -0.2) is 13.1 Å². The van der Waals surface area contributed by atoms with Gasteiger partial charge in [0.15, 0.2) is 0 Å². The van der Waals surface area contributed by atoms with Gasteiger partial charge >= 0.3 is 0 Å². The van der Waals surface area contributed by atoms with Crippen LogP contribution in [0.1, 0.15) is 24.5 Å². The molecule has 1 aliphatic heterocycles. The van der Waals surface area contributed by atoms with Gasteiger partial charge in [0.2, 0.25) is 0 Å². The third-order valence-electron chi connectivity index (χ3n) is 3.34. The number of hydrogen-bond acceptors (Lipinski definition) is 2. The van der Waals surface area contributed by atoms with E-state index in [1.807, 2.05) is 0 Å². The standard InChI is InChI=1S/C13H20N2/c1-10-5-6-15(9-10)13-4-3-12(8-14)11(2)7-13/h3-4,7,10H,5-6,8-9,14H2,1-2H3. The van der Waals surface area contributed by atoms with Gasteiger partial charge in [-0.05, 0) is 42.5 Å². The molecule has 1 aromatic rings. The van der Waals surface area contributed by atoms with Crippen molar-refractivity contribution in [1.82, 2.24) is 0 Å². The predicted molar refractivity (Wildman–Crippen MR) is 65.1 cm³/mol. The van der Waals surface area contributed by atoms with Crippen molar-refractivity contribution in [3.63, 3.8) is 0 Å². The number of aryl methyl sites for hydroxylation is 1. The summed E-state index contributed by atoms with van der Waals surface area (Å²) in [4.78, 5) is 2.47. The topological polar surface area (TPSA) is 29.3 Å². The zero-order chi connectivity index (χ0) is 10.8. The van der Waals surface area contributed by atoms with Crippen LogP contribution in [0.5, 0.6) is 0 Å². The molecule has 1 fully saturated rings. The molecule has 1 aromatic carbocycles. The minimum absolute atomic E-state index is 0.641. The van der Waals surface area contributed by atoms with Crippen molar-refractivity contribution < 1.29 is 0 Å². The molecule has 82 valence electrons. The van der Waals surface area contributed by atoms with Crippen LogP contribution in [-0.2, 0) is 6.54 Å². The molecule has 2 nitrogen and oxygen atoms in total. The minimum atomic E-state index is 0.641. The van der Waals surface area contributed by atoms with E-state index in [9.17, 15) is 0 Å². The first-order chi connectivity index (χ1) is 7.20. The van der Waals surface area contributed by atoms with Gasteiger partial charge in [-0.1, -0.05) is 13.0 Å². The van der Waals surface area contributed by atoms with Crippen molar-refractivity contribution in [2.75, 3.05) is 18.0 Å². The molecule has 2 heteroatoms. The Hall–Kier alpha value is -1.02. The Morgan fingerprint density at radius 2 is 2.27 bits per heavy atom.